The summed E-state index contributed by atoms with van der Waals surface area (Å²) in [6, 6.07) is 3.37. The quantitative estimate of drug-likeness (QED) is 0.815. The normalized spacial score (nSPS) is 29.3. The number of hydrogen-bond donors (Lipinski definition) is 1. The molecule has 0 bridgehead atoms. The Labute approximate surface area is 96.1 Å². The molecule has 86 valence electrons. The van der Waals surface area contributed by atoms with Gasteiger partial charge in [-0.15, -0.1) is 5.10 Å². The third-order valence-electron chi connectivity index (χ3n) is 3.73. The van der Waals surface area contributed by atoms with E-state index in [1.807, 2.05) is 0 Å². The lowest BCUT2D eigenvalue weighted by molar-refractivity contribution is 0.318. The summed E-state index contributed by atoms with van der Waals surface area (Å²) in [5, 5.41) is 11.7. The topological polar surface area (TPSA) is 41.1 Å². The minimum absolute atomic E-state index is 0.568. The van der Waals surface area contributed by atoms with Crippen LogP contribution in [0.4, 0.5) is 5.82 Å². The fraction of sp³-hybridized carbons (Fsp3) is 0.667. The molecule has 4 nitrogen and oxygen atoms in total. The molecule has 1 aromatic rings. The van der Waals surface area contributed by atoms with Crippen LogP contribution in [0.1, 0.15) is 24.8 Å². The van der Waals surface area contributed by atoms with Gasteiger partial charge in [0.15, 0.2) is 0 Å². The summed E-state index contributed by atoms with van der Waals surface area (Å²) in [5.74, 6) is 0.929. The van der Waals surface area contributed by atoms with Gasteiger partial charge < -0.3 is 5.32 Å². The second-order valence-corrected chi connectivity index (χ2v) is 4.90. The highest BCUT2D eigenvalue weighted by atomic mass is 15.3. The van der Waals surface area contributed by atoms with Gasteiger partial charge in [0.05, 0.1) is 6.20 Å². The maximum absolute atomic E-state index is 4.14. The van der Waals surface area contributed by atoms with Gasteiger partial charge in [-0.05, 0) is 44.4 Å². The van der Waals surface area contributed by atoms with E-state index in [9.17, 15) is 0 Å². The van der Waals surface area contributed by atoms with E-state index < -0.39 is 0 Å². The fourth-order valence-corrected chi connectivity index (χ4v) is 2.98. The van der Waals surface area contributed by atoms with E-state index in [-0.39, 0.29) is 0 Å². The molecule has 1 N–H and O–H groups in total. The lowest BCUT2D eigenvalue weighted by Crippen LogP contribution is -2.34. The van der Waals surface area contributed by atoms with Crippen molar-refractivity contribution in [3.05, 3.63) is 17.8 Å². The lowest BCUT2D eigenvalue weighted by Gasteiger charge is -2.21. The molecule has 2 unspecified atom stereocenters. The van der Waals surface area contributed by atoms with Crippen molar-refractivity contribution in [1.82, 2.24) is 15.1 Å². The van der Waals surface area contributed by atoms with Gasteiger partial charge in [-0.3, -0.25) is 4.90 Å². The molecule has 2 aliphatic rings. The Balaban J connectivity index is 1.71. The fourth-order valence-electron chi connectivity index (χ4n) is 2.98. The standard InChI is InChI=1S/C12H18N4/c1-9-7-12(15-13-8-9)14-10-4-6-16-5-2-3-11(10)16/h7-8,10-11H,2-6H2,1H3,(H,14,15). The molecule has 2 saturated heterocycles. The maximum atomic E-state index is 4.14. The van der Waals surface area contributed by atoms with E-state index in [0.29, 0.717) is 6.04 Å². The molecule has 16 heavy (non-hydrogen) atoms. The molecule has 2 aliphatic heterocycles. The smallest absolute Gasteiger partial charge is 0.149 e. The number of hydrogen-bond acceptors (Lipinski definition) is 4. The Kier molecular flexibility index (Phi) is 2.52. The van der Waals surface area contributed by atoms with Crippen molar-refractivity contribution in [2.24, 2.45) is 0 Å². The van der Waals surface area contributed by atoms with Gasteiger partial charge >= 0.3 is 0 Å². The minimum atomic E-state index is 0.568. The Bertz CT molecular complexity index is 379. The highest BCUT2D eigenvalue weighted by Crippen LogP contribution is 2.29. The van der Waals surface area contributed by atoms with Gasteiger partial charge in [0.25, 0.3) is 0 Å². The van der Waals surface area contributed by atoms with Gasteiger partial charge in [-0.25, -0.2) is 0 Å². The summed E-state index contributed by atoms with van der Waals surface area (Å²) in [6.45, 7) is 4.57. The van der Waals surface area contributed by atoms with E-state index in [4.69, 9.17) is 0 Å². The van der Waals surface area contributed by atoms with Gasteiger partial charge in [-0.2, -0.15) is 5.10 Å². The molecule has 0 saturated carbocycles. The largest absolute Gasteiger partial charge is 0.364 e. The molecular weight excluding hydrogens is 200 g/mol. The zero-order chi connectivity index (χ0) is 11.0. The summed E-state index contributed by atoms with van der Waals surface area (Å²) in [7, 11) is 0. The second kappa shape index (κ2) is 4.01. The molecule has 1 aromatic heterocycles. The first kappa shape index (κ1) is 10.0. The first-order chi connectivity index (χ1) is 7.83. The minimum Gasteiger partial charge on any atom is -0.364 e. The van der Waals surface area contributed by atoms with Crippen molar-refractivity contribution < 1.29 is 0 Å². The van der Waals surface area contributed by atoms with Crippen LogP contribution in [0.3, 0.4) is 0 Å². The highest BCUT2D eigenvalue weighted by molar-refractivity contribution is 5.37. The van der Waals surface area contributed by atoms with Crippen LogP contribution in [0.5, 0.6) is 0 Å². The number of nitrogens with one attached hydrogen (secondary N) is 1. The zero-order valence-electron chi connectivity index (χ0n) is 9.69. The Morgan fingerprint density at radius 3 is 3.19 bits per heavy atom. The number of anilines is 1. The molecule has 4 heteroatoms. The van der Waals surface area contributed by atoms with Crippen molar-refractivity contribution in [3.8, 4) is 0 Å². The predicted molar refractivity (Wildman–Crippen MR) is 63.4 cm³/mol. The van der Waals surface area contributed by atoms with E-state index in [0.717, 1.165) is 11.9 Å². The monoisotopic (exact) mass is 218 g/mol. The van der Waals surface area contributed by atoms with Crippen LogP contribution in [-0.2, 0) is 0 Å². The van der Waals surface area contributed by atoms with Crippen molar-refractivity contribution in [2.45, 2.75) is 38.3 Å². The van der Waals surface area contributed by atoms with Gasteiger partial charge in [0.1, 0.15) is 5.82 Å². The molecule has 0 aromatic carbocycles. The number of rotatable bonds is 2. The van der Waals surface area contributed by atoms with Crippen molar-refractivity contribution in [1.29, 1.82) is 0 Å². The summed E-state index contributed by atoms with van der Waals surface area (Å²) < 4.78 is 0. The third kappa shape index (κ3) is 1.78. The molecular formula is C12H18N4. The van der Waals surface area contributed by atoms with Crippen LogP contribution in [-0.4, -0.2) is 40.3 Å². The first-order valence-corrected chi connectivity index (χ1v) is 6.13. The van der Waals surface area contributed by atoms with E-state index >= 15 is 0 Å². The molecule has 0 aliphatic carbocycles. The van der Waals surface area contributed by atoms with Crippen molar-refractivity contribution in [3.63, 3.8) is 0 Å². The molecule has 0 radical (unpaired) electrons. The Morgan fingerprint density at radius 2 is 2.31 bits per heavy atom. The van der Waals surface area contributed by atoms with Crippen LogP contribution in [0.15, 0.2) is 12.3 Å². The van der Waals surface area contributed by atoms with E-state index in [1.165, 1.54) is 37.9 Å². The molecule has 3 rings (SSSR count). The average Bonchev–Trinajstić information content (AvgIpc) is 2.83. The maximum Gasteiger partial charge on any atom is 0.149 e. The van der Waals surface area contributed by atoms with Gasteiger partial charge in [-0.1, -0.05) is 0 Å². The van der Waals surface area contributed by atoms with Crippen molar-refractivity contribution in [2.75, 3.05) is 18.4 Å². The Hall–Kier alpha value is -1.16. The number of aromatic nitrogens is 2. The summed E-state index contributed by atoms with van der Waals surface area (Å²) in [5.41, 5.74) is 1.17. The summed E-state index contributed by atoms with van der Waals surface area (Å²) >= 11 is 0. The number of nitrogens with zero attached hydrogens (tertiary/aromatic N) is 3. The molecule has 2 fully saturated rings. The summed E-state index contributed by atoms with van der Waals surface area (Å²) in [6.07, 6.45) is 5.71. The van der Waals surface area contributed by atoms with E-state index in [1.54, 1.807) is 6.20 Å². The number of aryl methyl sites for hydroxylation is 1. The first-order valence-electron chi connectivity index (χ1n) is 6.13. The van der Waals surface area contributed by atoms with E-state index in [2.05, 4.69) is 33.4 Å². The van der Waals surface area contributed by atoms with Gasteiger partial charge in [0, 0.05) is 18.6 Å². The molecule has 0 spiro atoms. The lowest BCUT2D eigenvalue weighted by atomic mass is 10.1. The van der Waals surface area contributed by atoms with Gasteiger partial charge in [0.2, 0.25) is 0 Å². The van der Waals surface area contributed by atoms with Crippen LogP contribution in [0, 0.1) is 6.92 Å². The SMILES string of the molecule is Cc1cnnc(NC2CCN3CCCC23)c1. The van der Waals surface area contributed by atoms with Crippen LogP contribution < -0.4 is 5.32 Å². The second-order valence-electron chi connectivity index (χ2n) is 4.90. The van der Waals surface area contributed by atoms with Crippen LogP contribution >= 0.6 is 0 Å². The number of fused-ring (bicyclic) bond motifs is 1. The predicted octanol–water partition coefficient (Wildman–Crippen LogP) is 1.43. The highest BCUT2D eigenvalue weighted by Gasteiger charge is 2.37. The van der Waals surface area contributed by atoms with Crippen LogP contribution in [0.2, 0.25) is 0 Å². The zero-order valence-corrected chi connectivity index (χ0v) is 9.69. The molecule has 3 heterocycles. The molecule has 2 atom stereocenters. The van der Waals surface area contributed by atoms with Crippen molar-refractivity contribution >= 4 is 5.82 Å². The average molecular weight is 218 g/mol. The summed E-state index contributed by atoms with van der Waals surface area (Å²) in [4.78, 5) is 2.60. The molecule has 0 amide bonds. The van der Waals surface area contributed by atoms with Crippen LogP contribution in [0.25, 0.3) is 0 Å². The third-order valence-corrected chi connectivity index (χ3v) is 3.73. The Morgan fingerprint density at radius 1 is 1.38 bits per heavy atom.